The smallest absolute Gasteiger partial charge is 0.243 e. The Hall–Kier alpha value is -2.84. The molecule has 0 saturated carbocycles. The van der Waals surface area contributed by atoms with E-state index in [1.54, 1.807) is 24.3 Å². The minimum Gasteiger partial charge on any atom is -0.360 e. The van der Waals surface area contributed by atoms with Gasteiger partial charge in [0, 0.05) is 52.5 Å². The van der Waals surface area contributed by atoms with E-state index in [9.17, 15) is 21.6 Å². The maximum atomic E-state index is 13.1. The lowest BCUT2D eigenvalue weighted by molar-refractivity contribution is -0.114. The zero-order valence-electron chi connectivity index (χ0n) is 21.9. The number of nitrogens with zero attached hydrogens (tertiary/aromatic N) is 2. The molecule has 0 atom stereocenters. The largest absolute Gasteiger partial charge is 0.360 e. The Morgan fingerprint density at radius 1 is 0.811 bits per heavy atom. The third kappa shape index (κ3) is 7.82. The molecule has 0 saturated heterocycles. The molecule has 0 heterocycles. The summed E-state index contributed by atoms with van der Waals surface area (Å²) in [4.78, 5) is 11.4. The molecule has 37 heavy (non-hydrogen) atoms. The molecule has 202 valence electrons. The second-order valence-electron chi connectivity index (χ2n) is 8.85. The third-order valence-corrected chi connectivity index (χ3v) is 8.95. The SMILES string of the molecule is CC(=O)Nc1ccc(C=Cc2ccc(NC(=S)NC(C)C)cc2S(=O)(=O)N(C)C)c(S(=O)(=O)N(C)C)c1. The quantitative estimate of drug-likeness (QED) is 0.312. The van der Waals surface area contributed by atoms with E-state index in [1.165, 1.54) is 59.4 Å². The molecule has 0 radical (unpaired) electrons. The Balaban J connectivity index is 2.63. The van der Waals surface area contributed by atoms with Crippen molar-refractivity contribution in [2.24, 2.45) is 0 Å². The van der Waals surface area contributed by atoms with Crippen LogP contribution in [0.2, 0.25) is 0 Å². The lowest BCUT2D eigenvalue weighted by Crippen LogP contribution is -2.34. The molecular formula is C24H33N5O5S3. The van der Waals surface area contributed by atoms with Crippen LogP contribution in [0.3, 0.4) is 0 Å². The fourth-order valence-electron chi connectivity index (χ4n) is 3.15. The molecule has 1 amide bonds. The summed E-state index contributed by atoms with van der Waals surface area (Å²) in [6.45, 7) is 5.18. The number of benzene rings is 2. The van der Waals surface area contributed by atoms with E-state index in [-0.39, 0.29) is 21.7 Å². The monoisotopic (exact) mass is 567 g/mol. The summed E-state index contributed by atoms with van der Waals surface area (Å²) in [6.07, 6.45) is 3.06. The summed E-state index contributed by atoms with van der Waals surface area (Å²) in [6, 6.07) is 9.34. The summed E-state index contributed by atoms with van der Waals surface area (Å²) < 4.78 is 54.4. The van der Waals surface area contributed by atoms with Crippen molar-refractivity contribution in [3.63, 3.8) is 0 Å². The summed E-state index contributed by atoms with van der Waals surface area (Å²) in [5.41, 5.74) is 1.47. The molecule has 10 nitrogen and oxygen atoms in total. The molecule has 0 aliphatic rings. The Morgan fingerprint density at radius 3 is 1.57 bits per heavy atom. The summed E-state index contributed by atoms with van der Waals surface area (Å²) >= 11 is 5.27. The fourth-order valence-corrected chi connectivity index (χ4v) is 5.71. The average Bonchev–Trinajstić information content (AvgIpc) is 2.77. The molecule has 2 aromatic carbocycles. The van der Waals surface area contributed by atoms with Gasteiger partial charge in [-0.1, -0.05) is 24.3 Å². The van der Waals surface area contributed by atoms with E-state index in [0.29, 0.717) is 27.6 Å². The van der Waals surface area contributed by atoms with Gasteiger partial charge in [-0.25, -0.2) is 25.4 Å². The predicted octanol–water partition coefficient (Wildman–Crippen LogP) is 3.01. The zero-order chi connectivity index (χ0) is 28.1. The molecule has 2 rings (SSSR count). The standard InChI is InChI=1S/C24H33N5O5S3/c1-16(2)25-24(35)27-21-13-11-19(23(15-21)37(33,34)29(6)7)9-8-18-10-12-20(26-17(3)30)14-22(18)36(31,32)28(4)5/h8-16H,1-7H3,(H,26,30)(H2,25,27,35). The predicted molar refractivity (Wildman–Crippen MR) is 152 cm³/mol. The number of hydrogen-bond acceptors (Lipinski definition) is 6. The van der Waals surface area contributed by atoms with Crippen LogP contribution in [0.5, 0.6) is 0 Å². The van der Waals surface area contributed by atoms with Gasteiger partial charge >= 0.3 is 0 Å². The number of carbonyl (C=O) groups is 1. The van der Waals surface area contributed by atoms with Crippen LogP contribution >= 0.6 is 12.2 Å². The molecular weight excluding hydrogens is 534 g/mol. The number of hydrogen-bond donors (Lipinski definition) is 3. The highest BCUT2D eigenvalue weighted by molar-refractivity contribution is 7.89. The number of thiocarbonyl (C=S) groups is 1. The van der Waals surface area contributed by atoms with E-state index < -0.39 is 20.0 Å². The zero-order valence-corrected chi connectivity index (χ0v) is 24.3. The number of amides is 1. The lowest BCUT2D eigenvalue weighted by atomic mass is 10.1. The van der Waals surface area contributed by atoms with Gasteiger partial charge in [0.2, 0.25) is 26.0 Å². The number of nitrogens with one attached hydrogen (secondary N) is 3. The number of carbonyl (C=O) groups excluding carboxylic acids is 1. The molecule has 0 bridgehead atoms. The van der Waals surface area contributed by atoms with Crippen LogP contribution in [0, 0.1) is 0 Å². The van der Waals surface area contributed by atoms with Gasteiger partial charge in [0.15, 0.2) is 5.11 Å². The van der Waals surface area contributed by atoms with Crippen LogP contribution < -0.4 is 16.0 Å². The van der Waals surface area contributed by atoms with Crippen molar-refractivity contribution in [2.45, 2.75) is 36.6 Å². The van der Waals surface area contributed by atoms with Gasteiger partial charge in [0.25, 0.3) is 0 Å². The Kier molecular flexibility index (Phi) is 9.97. The number of sulfonamides is 2. The molecule has 0 aromatic heterocycles. The summed E-state index contributed by atoms with van der Waals surface area (Å²) in [7, 11) is -2.08. The molecule has 2 aromatic rings. The van der Waals surface area contributed by atoms with Crippen molar-refractivity contribution < 1.29 is 21.6 Å². The van der Waals surface area contributed by atoms with Gasteiger partial charge in [0.1, 0.15) is 0 Å². The minimum atomic E-state index is -3.88. The second-order valence-corrected chi connectivity index (χ2v) is 13.5. The van der Waals surface area contributed by atoms with Crippen molar-refractivity contribution in [1.29, 1.82) is 0 Å². The second kappa shape index (κ2) is 12.1. The van der Waals surface area contributed by atoms with E-state index in [2.05, 4.69) is 16.0 Å². The van der Waals surface area contributed by atoms with Crippen LogP contribution in [0.4, 0.5) is 11.4 Å². The Labute approximate surface area is 224 Å². The molecule has 0 fully saturated rings. The highest BCUT2D eigenvalue weighted by Crippen LogP contribution is 2.28. The first kappa shape index (κ1) is 30.4. The first-order chi connectivity index (χ1) is 17.0. The van der Waals surface area contributed by atoms with Gasteiger partial charge in [0.05, 0.1) is 9.79 Å². The van der Waals surface area contributed by atoms with Crippen LogP contribution in [0.25, 0.3) is 12.2 Å². The molecule has 0 spiro atoms. The normalized spacial score (nSPS) is 12.4. The van der Waals surface area contributed by atoms with Crippen molar-refractivity contribution in [3.8, 4) is 0 Å². The highest BCUT2D eigenvalue weighted by atomic mass is 32.2. The van der Waals surface area contributed by atoms with Gasteiger partial charge in [-0.05, 0) is 61.5 Å². The molecule has 0 unspecified atom stereocenters. The molecule has 3 N–H and O–H groups in total. The van der Waals surface area contributed by atoms with E-state index in [1.807, 2.05) is 13.8 Å². The average molecular weight is 568 g/mol. The fraction of sp³-hybridized carbons (Fsp3) is 0.333. The maximum absolute atomic E-state index is 13.1. The van der Waals surface area contributed by atoms with E-state index in [4.69, 9.17) is 12.2 Å². The lowest BCUT2D eigenvalue weighted by Gasteiger charge is -2.17. The molecule has 13 heteroatoms. The van der Waals surface area contributed by atoms with Crippen molar-refractivity contribution in [2.75, 3.05) is 38.8 Å². The topological polar surface area (TPSA) is 128 Å². The van der Waals surface area contributed by atoms with Crippen LogP contribution in [0.15, 0.2) is 46.2 Å². The maximum Gasteiger partial charge on any atom is 0.243 e. The number of anilines is 2. The Bertz CT molecular complexity index is 1420. The van der Waals surface area contributed by atoms with Crippen molar-refractivity contribution >= 4 is 66.8 Å². The summed E-state index contributed by atoms with van der Waals surface area (Å²) in [5, 5.41) is 8.95. The van der Waals surface area contributed by atoms with E-state index in [0.717, 1.165) is 8.61 Å². The van der Waals surface area contributed by atoms with E-state index >= 15 is 0 Å². The Morgan fingerprint density at radius 2 is 1.22 bits per heavy atom. The number of rotatable bonds is 9. The summed E-state index contributed by atoms with van der Waals surface area (Å²) in [5.74, 6) is -0.341. The van der Waals surface area contributed by atoms with Gasteiger partial charge in [-0.15, -0.1) is 0 Å². The molecule has 0 aliphatic heterocycles. The minimum absolute atomic E-state index is 0.0120. The van der Waals surface area contributed by atoms with Gasteiger partial charge < -0.3 is 16.0 Å². The first-order valence-electron chi connectivity index (χ1n) is 11.2. The van der Waals surface area contributed by atoms with Gasteiger partial charge in [-0.2, -0.15) is 0 Å². The highest BCUT2D eigenvalue weighted by Gasteiger charge is 2.23. The molecule has 0 aliphatic carbocycles. The first-order valence-corrected chi connectivity index (χ1v) is 14.5. The van der Waals surface area contributed by atoms with Crippen LogP contribution in [-0.2, 0) is 24.8 Å². The van der Waals surface area contributed by atoms with Crippen LogP contribution in [0.1, 0.15) is 31.9 Å². The van der Waals surface area contributed by atoms with Crippen molar-refractivity contribution in [1.82, 2.24) is 13.9 Å². The third-order valence-electron chi connectivity index (χ3n) is 4.98. The van der Waals surface area contributed by atoms with Gasteiger partial charge in [-0.3, -0.25) is 4.79 Å². The van der Waals surface area contributed by atoms with Crippen molar-refractivity contribution in [3.05, 3.63) is 47.5 Å². The van der Waals surface area contributed by atoms with Crippen LogP contribution in [-0.4, -0.2) is 70.7 Å².